The molecule has 0 unspecified atom stereocenters. The largest absolute Gasteiger partial charge is 0.486 e. The minimum Gasteiger partial charge on any atom is -0.486 e. The van der Waals surface area contributed by atoms with E-state index in [-0.39, 0.29) is 31.3 Å². The molecule has 7 nitrogen and oxygen atoms in total. The van der Waals surface area contributed by atoms with Crippen molar-refractivity contribution >= 4 is 11.9 Å². The van der Waals surface area contributed by atoms with Crippen molar-refractivity contribution in [1.82, 2.24) is 15.8 Å². The van der Waals surface area contributed by atoms with Crippen LogP contribution < -0.4 is 15.6 Å². The lowest BCUT2D eigenvalue weighted by Gasteiger charge is -2.20. The minimum atomic E-state index is -0.637. The van der Waals surface area contributed by atoms with Crippen LogP contribution in [-0.4, -0.2) is 23.4 Å². The molecule has 158 valence electrons. The van der Waals surface area contributed by atoms with E-state index >= 15 is 0 Å². The SMILES string of the molecule is C#CCN(Cc1ccc(F)cc1)C(=O)NNC(=O)c1ccc(COc2ccccc2)o1. The van der Waals surface area contributed by atoms with Crippen molar-refractivity contribution in [3.63, 3.8) is 0 Å². The molecule has 0 saturated carbocycles. The van der Waals surface area contributed by atoms with E-state index in [9.17, 15) is 14.0 Å². The molecule has 0 bridgehead atoms. The smallest absolute Gasteiger partial charge is 0.337 e. The number of terminal acetylenes is 1. The fourth-order valence-electron chi connectivity index (χ4n) is 2.62. The van der Waals surface area contributed by atoms with Crippen molar-refractivity contribution in [3.8, 4) is 18.1 Å². The molecule has 1 aromatic heterocycles. The summed E-state index contributed by atoms with van der Waals surface area (Å²) in [4.78, 5) is 25.9. The van der Waals surface area contributed by atoms with E-state index in [1.807, 2.05) is 18.2 Å². The first-order valence-electron chi connectivity index (χ1n) is 9.35. The number of hydrogen-bond acceptors (Lipinski definition) is 4. The molecular weight excluding hydrogens is 401 g/mol. The van der Waals surface area contributed by atoms with Crippen molar-refractivity contribution in [2.24, 2.45) is 0 Å². The summed E-state index contributed by atoms with van der Waals surface area (Å²) >= 11 is 0. The van der Waals surface area contributed by atoms with Gasteiger partial charge in [-0.15, -0.1) is 6.42 Å². The number of benzene rings is 2. The van der Waals surface area contributed by atoms with Gasteiger partial charge in [0.2, 0.25) is 0 Å². The zero-order chi connectivity index (χ0) is 22.1. The zero-order valence-electron chi connectivity index (χ0n) is 16.5. The zero-order valence-corrected chi connectivity index (χ0v) is 16.5. The quantitative estimate of drug-likeness (QED) is 0.452. The number of ether oxygens (including phenoxy) is 1. The van der Waals surface area contributed by atoms with E-state index in [0.29, 0.717) is 17.1 Å². The fourth-order valence-corrected chi connectivity index (χ4v) is 2.62. The predicted molar refractivity (Wildman–Crippen MR) is 111 cm³/mol. The number of carbonyl (C=O) groups is 2. The maximum Gasteiger partial charge on any atom is 0.337 e. The molecule has 0 aliphatic carbocycles. The Morgan fingerprint density at radius 1 is 1.03 bits per heavy atom. The van der Waals surface area contributed by atoms with Crippen LogP contribution in [0.1, 0.15) is 21.9 Å². The molecule has 0 radical (unpaired) electrons. The maximum atomic E-state index is 13.0. The molecule has 0 atom stereocenters. The van der Waals surface area contributed by atoms with Gasteiger partial charge in [0.15, 0.2) is 5.76 Å². The number of hydrazine groups is 1. The molecule has 3 amide bonds. The van der Waals surface area contributed by atoms with Crippen LogP contribution in [0.4, 0.5) is 9.18 Å². The summed E-state index contributed by atoms with van der Waals surface area (Å²) in [6.07, 6.45) is 5.32. The maximum absolute atomic E-state index is 13.0. The molecule has 0 aliphatic heterocycles. The normalized spacial score (nSPS) is 10.1. The first-order valence-corrected chi connectivity index (χ1v) is 9.35. The third-order valence-corrected chi connectivity index (χ3v) is 4.15. The number of para-hydroxylation sites is 1. The van der Waals surface area contributed by atoms with Crippen molar-refractivity contribution in [1.29, 1.82) is 0 Å². The summed E-state index contributed by atoms with van der Waals surface area (Å²) in [5.74, 6) is 2.49. The van der Waals surface area contributed by atoms with Crippen LogP contribution in [-0.2, 0) is 13.2 Å². The number of nitrogens with zero attached hydrogens (tertiary/aromatic N) is 1. The number of carbonyl (C=O) groups excluding carboxylic acids is 2. The second-order valence-corrected chi connectivity index (χ2v) is 6.44. The molecule has 31 heavy (non-hydrogen) atoms. The average molecular weight is 421 g/mol. The number of rotatable bonds is 7. The van der Waals surface area contributed by atoms with Crippen LogP contribution in [0.25, 0.3) is 0 Å². The Hall–Kier alpha value is -4.25. The lowest BCUT2D eigenvalue weighted by atomic mass is 10.2. The summed E-state index contributed by atoms with van der Waals surface area (Å²) in [6, 6.07) is 17.3. The standard InChI is InChI=1S/C23H20FN3O4/c1-2-14-27(15-17-8-10-18(24)11-9-17)23(29)26-25-22(28)21-13-12-20(31-21)16-30-19-6-4-3-5-7-19/h1,3-13H,14-16H2,(H,25,28)(H,26,29). The van der Waals surface area contributed by atoms with E-state index in [4.69, 9.17) is 15.6 Å². The predicted octanol–water partition coefficient (Wildman–Crippen LogP) is 3.49. The topological polar surface area (TPSA) is 83.8 Å². The van der Waals surface area contributed by atoms with Gasteiger partial charge >= 0.3 is 11.9 Å². The summed E-state index contributed by atoms with van der Waals surface area (Å²) < 4.78 is 24.1. The number of hydrogen-bond donors (Lipinski definition) is 2. The van der Waals surface area contributed by atoms with E-state index < -0.39 is 11.9 Å². The number of urea groups is 1. The summed E-state index contributed by atoms with van der Waals surface area (Å²) in [5.41, 5.74) is 5.25. The first kappa shape index (κ1) is 21.5. The minimum absolute atomic E-state index is 0.000799. The van der Waals surface area contributed by atoms with Crippen LogP contribution in [0.3, 0.4) is 0 Å². The van der Waals surface area contributed by atoms with E-state index in [0.717, 1.165) is 0 Å². The third-order valence-electron chi connectivity index (χ3n) is 4.15. The molecule has 3 rings (SSSR count). The van der Waals surface area contributed by atoms with Gasteiger partial charge in [0, 0.05) is 6.54 Å². The molecule has 2 N–H and O–H groups in total. The Morgan fingerprint density at radius 3 is 2.48 bits per heavy atom. The second kappa shape index (κ2) is 10.5. The van der Waals surface area contributed by atoms with Crippen molar-refractivity contribution < 1.29 is 23.1 Å². The fraction of sp³-hybridized carbons (Fsp3) is 0.130. The summed E-state index contributed by atoms with van der Waals surface area (Å²) in [5, 5.41) is 0. The second-order valence-electron chi connectivity index (χ2n) is 6.44. The Morgan fingerprint density at radius 2 is 1.77 bits per heavy atom. The molecule has 0 saturated heterocycles. The number of halogens is 1. The lowest BCUT2D eigenvalue weighted by Crippen LogP contribution is -2.48. The van der Waals surface area contributed by atoms with Gasteiger partial charge in [-0.2, -0.15) is 0 Å². The van der Waals surface area contributed by atoms with Gasteiger partial charge in [0.05, 0.1) is 6.54 Å². The van der Waals surface area contributed by atoms with Gasteiger partial charge in [-0.25, -0.2) is 14.6 Å². The highest BCUT2D eigenvalue weighted by Crippen LogP contribution is 2.14. The van der Waals surface area contributed by atoms with Gasteiger partial charge < -0.3 is 14.1 Å². The lowest BCUT2D eigenvalue weighted by molar-refractivity contribution is 0.0898. The van der Waals surface area contributed by atoms with Crippen LogP contribution in [0, 0.1) is 18.2 Å². The van der Waals surface area contributed by atoms with Gasteiger partial charge in [0.1, 0.15) is 23.9 Å². The molecule has 0 spiro atoms. The van der Waals surface area contributed by atoms with Crippen LogP contribution in [0.15, 0.2) is 71.1 Å². The molecule has 0 aliphatic rings. The Kier molecular flexibility index (Phi) is 7.27. The van der Waals surface area contributed by atoms with Crippen LogP contribution in [0.2, 0.25) is 0 Å². The van der Waals surface area contributed by atoms with Crippen molar-refractivity contribution in [2.45, 2.75) is 13.2 Å². The van der Waals surface area contributed by atoms with E-state index in [1.54, 1.807) is 30.3 Å². The molecule has 1 heterocycles. The van der Waals surface area contributed by atoms with Crippen molar-refractivity contribution in [2.75, 3.05) is 6.54 Å². The van der Waals surface area contributed by atoms with Gasteiger partial charge in [-0.05, 0) is 42.0 Å². The monoisotopic (exact) mass is 421 g/mol. The summed E-state index contributed by atoms with van der Waals surface area (Å²) in [6.45, 7) is 0.298. The highest BCUT2D eigenvalue weighted by molar-refractivity contribution is 5.92. The van der Waals surface area contributed by atoms with Gasteiger partial charge in [-0.3, -0.25) is 10.2 Å². The summed E-state index contributed by atoms with van der Waals surface area (Å²) in [7, 11) is 0. The number of nitrogens with one attached hydrogen (secondary N) is 2. The molecule has 8 heteroatoms. The van der Waals surface area contributed by atoms with Gasteiger partial charge in [0.25, 0.3) is 0 Å². The molecule has 2 aromatic carbocycles. The third kappa shape index (κ3) is 6.37. The Bertz CT molecular complexity index is 1060. The van der Waals surface area contributed by atoms with E-state index in [2.05, 4.69) is 16.8 Å². The van der Waals surface area contributed by atoms with E-state index in [1.165, 1.54) is 23.1 Å². The molecular formula is C23H20FN3O4. The van der Waals surface area contributed by atoms with Crippen molar-refractivity contribution in [3.05, 3.63) is 89.6 Å². The number of furan rings is 1. The average Bonchev–Trinajstić information content (AvgIpc) is 3.27. The van der Waals surface area contributed by atoms with Crippen LogP contribution >= 0.6 is 0 Å². The highest BCUT2D eigenvalue weighted by atomic mass is 19.1. The Labute approximate surface area is 178 Å². The van der Waals surface area contributed by atoms with Gasteiger partial charge in [-0.1, -0.05) is 36.3 Å². The molecule has 3 aromatic rings. The Balaban J connectivity index is 1.51. The highest BCUT2D eigenvalue weighted by Gasteiger charge is 2.16. The number of amides is 3. The van der Waals surface area contributed by atoms with Crippen LogP contribution in [0.5, 0.6) is 5.75 Å². The first-order chi connectivity index (χ1) is 15.0. The molecule has 0 fully saturated rings.